The second kappa shape index (κ2) is 10.5. The Morgan fingerprint density at radius 3 is 2.54 bits per heavy atom. The zero-order valence-corrected chi connectivity index (χ0v) is 16.3. The lowest BCUT2D eigenvalue weighted by molar-refractivity contribution is 0.274. The third-order valence-corrected chi connectivity index (χ3v) is 4.19. The van der Waals surface area contributed by atoms with Crippen LogP contribution < -0.4 is 14.8 Å². The van der Waals surface area contributed by atoms with Gasteiger partial charge in [0.25, 0.3) is 0 Å². The lowest BCUT2D eigenvalue weighted by atomic mass is 10.0. The SMILES string of the molecule is C=CCc1cc(CNc2ccccc2CC)cc(OCC)c1OCCC. The molecule has 2 aromatic rings. The summed E-state index contributed by atoms with van der Waals surface area (Å²) < 4.78 is 11.9. The number of rotatable bonds is 11. The first-order valence-corrected chi connectivity index (χ1v) is 9.57. The van der Waals surface area contributed by atoms with Crippen LogP contribution in [0.4, 0.5) is 5.69 Å². The van der Waals surface area contributed by atoms with Gasteiger partial charge in [0.15, 0.2) is 11.5 Å². The fourth-order valence-electron chi connectivity index (χ4n) is 2.96. The molecule has 3 heteroatoms. The minimum Gasteiger partial charge on any atom is -0.490 e. The highest BCUT2D eigenvalue weighted by Crippen LogP contribution is 2.34. The summed E-state index contributed by atoms with van der Waals surface area (Å²) in [4.78, 5) is 0. The first-order chi connectivity index (χ1) is 12.7. The number of para-hydroxylation sites is 1. The fourth-order valence-corrected chi connectivity index (χ4v) is 2.96. The monoisotopic (exact) mass is 353 g/mol. The van der Waals surface area contributed by atoms with E-state index in [0.717, 1.165) is 42.9 Å². The third-order valence-electron chi connectivity index (χ3n) is 4.19. The molecule has 1 N–H and O–H groups in total. The van der Waals surface area contributed by atoms with E-state index in [-0.39, 0.29) is 0 Å². The van der Waals surface area contributed by atoms with Crippen LogP contribution >= 0.6 is 0 Å². The van der Waals surface area contributed by atoms with Gasteiger partial charge in [-0.15, -0.1) is 6.58 Å². The zero-order valence-electron chi connectivity index (χ0n) is 16.3. The van der Waals surface area contributed by atoms with Gasteiger partial charge in [0.2, 0.25) is 0 Å². The maximum Gasteiger partial charge on any atom is 0.164 e. The molecule has 26 heavy (non-hydrogen) atoms. The number of hydrogen-bond acceptors (Lipinski definition) is 3. The van der Waals surface area contributed by atoms with E-state index in [1.165, 1.54) is 16.8 Å². The number of nitrogens with one attached hydrogen (secondary N) is 1. The van der Waals surface area contributed by atoms with Crippen molar-refractivity contribution in [3.63, 3.8) is 0 Å². The topological polar surface area (TPSA) is 30.5 Å². The second-order valence-corrected chi connectivity index (χ2v) is 6.22. The van der Waals surface area contributed by atoms with Crippen LogP contribution in [0.2, 0.25) is 0 Å². The Morgan fingerprint density at radius 1 is 1.04 bits per heavy atom. The molecule has 0 spiro atoms. The molecule has 2 aromatic carbocycles. The Bertz CT molecular complexity index is 709. The normalized spacial score (nSPS) is 10.4. The van der Waals surface area contributed by atoms with Crippen molar-refractivity contribution in [3.8, 4) is 11.5 Å². The predicted molar refractivity (Wildman–Crippen MR) is 110 cm³/mol. The molecule has 0 aliphatic rings. The van der Waals surface area contributed by atoms with Gasteiger partial charge in [0, 0.05) is 17.8 Å². The largest absolute Gasteiger partial charge is 0.490 e. The van der Waals surface area contributed by atoms with E-state index in [4.69, 9.17) is 9.47 Å². The second-order valence-electron chi connectivity index (χ2n) is 6.22. The van der Waals surface area contributed by atoms with Crippen molar-refractivity contribution >= 4 is 5.69 Å². The maximum atomic E-state index is 5.98. The minimum atomic E-state index is 0.617. The summed E-state index contributed by atoms with van der Waals surface area (Å²) in [7, 11) is 0. The van der Waals surface area contributed by atoms with E-state index >= 15 is 0 Å². The van der Waals surface area contributed by atoms with Crippen molar-refractivity contribution in [1.29, 1.82) is 0 Å². The average molecular weight is 354 g/mol. The number of aryl methyl sites for hydroxylation is 1. The number of allylic oxidation sites excluding steroid dienone is 1. The molecule has 0 atom stereocenters. The molecular formula is C23H31NO2. The highest BCUT2D eigenvalue weighted by Gasteiger charge is 2.13. The van der Waals surface area contributed by atoms with Crippen LogP contribution in [0.1, 0.15) is 43.9 Å². The van der Waals surface area contributed by atoms with Crippen molar-refractivity contribution in [3.05, 3.63) is 65.7 Å². The molecule has 0 saturated carbocycles. The van der Waals surface area contributed by atoms with Gasteiger partial charge in [-0.25, -0.2) is 0 Å². The molecule has 2 rings (SSSR count). The molecule has 0 saturated heterocycles. The molecule has 0 amide bonds. The molecule has 0 heterocycles. The molecule has 0 aliphatic carbocycles. The Kier molecular flexibility index (Phi) is 8.07. The summed E-state index contributed by atoms with van der Waals surface area (Å²) in [5.74, 6) is 1.67. The fraction of sp³-hybridized carbons (Fsp3) is 0.391. The Balaban J connectivity index is 2.28. The van der Waals surface area contributed by atoms with Crippen molar-refractivity contribution in [2.24, 2.45) is 0 Å². The van der Waals surface area contributed by atoms with Crippen LogP contribution in [0.25, 0.3) is 0 Å². The molecule has 0 aromatic heterocycles. The molecule has 0 radical (unpaired) electrons. The van der Waals surface area contributed by atoms with E-state index in [0.29, 0.717) is 13.2 Å². The summed E-state index contributed by atoms with van der Waals surface area (Å²) in [5, 5.41) is 3.56. The van der Waals surface area contributed by atoms with Crippen molar-refractivity contribution in [2.75, 3.05) is 18.5 Å². The molecule has 0 unspecified atom stereocenters. The van der Waals surface area contributed by atoms with Crippen LogP contribution in [0.15, 0.2) is 49.1 Å². The Labute approximate surface area is 158 Å². The zero-order chi connectivity index (χ0) is 18.8. The van der Waals surface area contributed by atoms with Gasteiger partial charge in [-0.05, 0) is 55.5 Å². The summed E-state index contributed by atoms with van der Waals surface area (Å²) in [6.07, 6.45) is 4.65. The Morgan fingerprint density at radius 2 is 1.85 bits per heavy atom. The molecule has 3 nitrogen and oxygen atoms in total. The van der Waals surface area contributed by atoms with E-state index in [2.05, 4.69) is 62.1 Å². The maximum absolute atomic E-state index is 5.98. The summed E-state index contributed by atoms with van der Waals surface area (Å²) in [5.41, 5.74) is 4.82. The lowest BCUT2D eigenvalue weighted by Gasteiger charge is -2.18. The number of hydrogen-bond donors (Lipinski definition) is 1. The molecule has 140 valence electrons. The first kappa shape index (κ1) is 19.9. The molecule has 0 fully saturated rings. The van der Waals surface area contributed by atoms with Crippen molar-refractivity contribution in [1.82, 2.24) is 0 Å². The van der Waals surface area contributed by atoms with Gasteiger partial charge in [0.05, 0.1) is 13.2 Å². The molecular weight excluding hydrogens is 322 g/mol. The first-order valence-electron chi connectivity index (χ1n) is 9.57. The average Bonchev–Trinajstić information content (AvgIpc) is 2.66. The van der Waals surface area contributed by atoms with E-state index in [1.54, 1.807) is 0 Å². The number of ether oxygens (including phenoxy) is 2. The van der Waals surface area contributed by atoms with E-state index < -0.39 is 0 Å². The standard InChI is InChI=1S/C23H31NO2/c1-5-11-20-15-18(16-22(25-8-4)23(20)26-14-6-2)17-24-21-13-10-9-12-19(21)7-3/h5,9-10,12-13,15-16,24H,1,6-8,11,14,17H2,2-4H3. The van der Waals surface area contributed by atoms with Crippen LogP contribution in [0, 0.1) is 0 Å². The highest BCUT2D eigenvalue weighted by atomic mass is 16.5. The van der Waals surface area contributed by atoms with Crippen molar-refractivity contribution < 1.29 is 9.47 Å². The van der Waals surface area contributed by atoms with Gasteiger partial charge >= 0.3 is 0 Å². The van der Waals surface area contributed by atoms with E-state index in [1.807, 2.05) is 13.0 Å². The minimum absolute atomic E-state index is 0.617. The van der Waals surface area contributed by atoms with Crippen LogP contribution in [-0.2, 0) is 19.4 Å². The lowest BCUT2D eigenvalue weighted by Crippen LogP contribution is -2.07. The van der Waals surface area contributed by atoms with Crippen LogP contribution in [0.5, 0.6) is 11.5 Å². The summed E-state index contributed by atoms with van der Waals surface area (Å²) in [6.45, 7) is 12.2. The van der Waals surface area contributed by atoms with Gasteiger partial charge in [0.1, 0.15) is 0 Å². The molecule has 0 aliphatic heterocycles. The van der Waals surface area contributed by atoms with Crippen LogP contribution in [-0.4, -0.2) is 13.2 Å². The predicted octanol–water partition coefficient (Wildman–Crippen LogP) is 5.78. The van der Waals surface area contributed by atoms with Gasteiger partial charge in [-0.2, -0.15) is 0 Å². The quantitative estimate of drug-likeness (QED) is 0.520. The summed E-state index contributed by atoms with van der Waals surface area (Å²) >= 11 is 0. The summed E-state index contributed by atoms with van der Waals surface area (Å²) in [6, 6.07) is 12.7. The Hall–Kier alpha value is -2.42. The van der Waals surface area contributed by atoms with E-state index in [9.17, 15) is 0 Å². The number of benzene rings is 2. The van der Waals surface area contributed by atoms with Gasteiger partial charge < -0.3 is 14.8 Å². The van der Waals surface area contributed by atoms with Gasteiger partial charge in [-0.3, -0.25) is 0 Å². The number of anilines is 1. The smallest absolute Gasteiger partial charge is 0.164 e. The molecule has 0 bridgehead atoms. The van der Waals surface area contributed by atoms with Gasteiger partial charge in [-0.1, -0.05) is 38.1 Å². The van der Waals surface area contributed by atoms with Crippen LogP contribution in [0.3, 0.4) is 0 Å². The van der Waals surface area contributed by atoms with Crippen molar-refractivity contribution in [2.45, 2.75) is 46.6 Å². The highest BCUT2D eigenvalue weighted by molar-refractivity contribution is 5.54. The third kappa shape index (κ3) is 5.29.